The van der Waals surface area contributed by atoms with Crippen LogP contribution in [0.4, 0.5) is 0 Å². The van der Waals surface area contributed by atoms with E-state index >= 15 is 0 Å². The molecule has 3 heterocycles. The highest BCUT2D eigenvalue weighted by Crippen LogP contribution is 2.55. The molecule has 0 radical (unpaired) electrons. The van der Waals surface area contributed by atoms with Gasteiger partial charge < -0.3 is 28.5 Å². The maximum absolute atomic E-state index is 13.3. The minimum Gasteiger partial charge on any atom is -0.488 e. The summed E-state index contributed by atoms with van der Waals surface area (Å²) in [6.07, 6.45) is 9.83. The van der Waals surface area contributed by atoms with E-state index in [0.29, 0.717) is 30.9 Å². The quantitative estimate of drug-likeness (QED) is 0.163. The molecule has 1 aromatic carbocycles. The molecule has 7 heteroatoms. The van der Waals surface area contributed by atoms with Gasteiger partial charge in [0.15, 0.2) is 0 Å². The average molecular weight is 499 g/mol. The molecule has 0 saturated carbocycles. The number of hydrogen-bond acceptors (Lipinski definition) is 7. The van der Waals surface area contributed by atoms with E-state index in [2.05, 4.69) is 20.1 Å². The molecule has 0 amide bonds. The third-order valence-electron chi connectivity index (χ3n) is 7.60. The van der Waals surface area contributed by atoms with E-state index in [-0.39, 0.29) is 42.8 Å². The first kappa shape index (κ1) is 26.4. The number of ether oxygens (including phenoxy) is 5. The van der Waals surface area contributed by atoms with Crippen LogP contribution in [0.3, 0.4) is 0 Å². The van der Waals surface area contributed by atoms with Gasteiger partial charge in [-0.1, -0.05) is 58.4 Å². The Labute approximate surface area is 213 Å². The lowest BCUT2D eigenvalue weighted by molar-refractivity contribution is -0.214. The molecular formula is C29H38O7. The van der Waals surface area contributed by atoms with Gasteiger partial charge in [-0.3, -0.25) is 0 Å². The van der Waals surface area contributed by atoms with Crippen LogP contribution in [-0.2, 0) is 25.4 Å². The largest absolute Gasteiger partial charge is 0.488 e. The van der Waals surface area contributed by atoms with Gasteiger partial charge in [-0.25, -0.2) is 4.79 Å². The van der Waals surface area contributed by atoms with Gasteiger partial charge in [0.1, 0.15) is 36.6 Å². The standard InChI is InChI=1S/C29H38O7/c1-5-8-9-10-22-15-21-16-23(32-13-6-2)26(28(31)33-14-7-3)27-25(21)24(35-22)17-29(36-27)19(4)20(11-12-30)18-34-29/h6-7,12,16,19-20,22,24H,2-3,5,8-11,13-15,17-18H2,1,4H3/t19-,20+,22+,24-,29-/m0/s1. The van der Waals surface area contributed by atoms with Crippen LogP contribution < -0.4 is 9.47 Å². The zero-order chi connectivity index (χ0) is 25.7. The summed E-state index contributed by atoms with van der Waals surface area (Å²) in [5.41, 5.74) is 2.16. The lowest BCUT2D eigenvalue weighted by Crippen LogP contribution is -2.48. The van der Waals surface area contributed by atoms with Crippen LogP contribution in [0.25, 0.3) is 0 Å². The molecule has 0 unspecified atom stereocenters. The third-order valence-corrected chi connectivity index (χ3v) is 7.60. The number of benzene rings is 1. The molecule has 0 aliphatic carbocycles. The minimum absolute atomic E-state index is 0.0313. The molecule has 3 aliphatic heterocycles. The lowest BCUT2D eigenvalue weighted by Gasteiger charge is -2.46. The number of rotatable bonds is 12. The van der Waals surface area contributed by atoms with Gasteiger partial charge in [0.25, 0.3) is 0 Å². The molecule has 36 heavy (non-hydrogen) atoms. The smallest absolute Gasteiger partial charge is 0.346 e. The van der Waals surface area contributed by atoms with Crippen molar-refractivity contribution < 1.29 is 33.3 Å². The predicted molar refractivity (Wildman–Crippen MR) is 135 cm³/mol. The third kappa shape index (κ3) is 5.09. The molecule has 1 fully saturated rings. The van der Waals surface area contributed by atoms with E-state index in [1.165, 1.54) is 6.08 Å². The Morgan fingerprint density at radius 1 is 1.25 bits per heavy atom. The van der Waals surface area contributed by atoms with Crippen molar-refractivity contribution in [3.8, 4) is 11.5 Å². The Balaban J connectivity index is 1.81. The van der Waals surface area contributed by atoms with Crippen LogP contribution in [-0.4, -0.2) is 44.0 Å². The molecule has 196 valence electrons. The topological polar surface area (TPSA) is 80.3 Å². The number of carbonyl (C=O) groups excluding carboxylic acids is 2. The summed E-state index contributed by atoms with van der Waals surface area (Å²) >= 11 is 0. The van der Waals surface area contributed by atoms with Gasteiger partial charge in [-0.15, -0.1) is 0 Å². The van der Waals surface area contributed by atoms with Crippen LogP contribution in [0.1, 0.15) is 80.0 Å². The zero-order valence-electron chi connectivity index (χ0n) is 21.5. The highest BCUT2D eigenvalue weighted by atomic mass is 16.7. The van der Waals surface area contributed by atoms with Gasteiger partial charge in [0.2, 0.25) is 5.79 Å². The van der Waals surface area contributed by atoms with Crippen molar-refractivity contribution in [2.45, 2.75) is 76.8 Å². The van der Waals surface area contributed by atoms with Crippen molar-refractivity contribution in [1.29, 1.82) is 0 Å². The van der Waals surface area contributed by atoms with E-state index in [0.717, 1.165) is 49.5 Å². The molecule has 3 aliphatic rings. The molecule has 5 atom stereocenters. The zero-order valence-corrected chi connectivity index (χ0v) is 21.5. The van der Waals surface area contributed by atoms with Crippen LogP contribution >= 0.6 is 0 Å². The van der Waals surface area contributed by atoms with Crippen molar-refractivity contribution in [1.82, 2.24) is 0 Å². The Kier molecular flexibility index (Phi) is 8.52. The molecule has 7 nitrogen and oxygen atoms in total. The number of esters is 1. The average Bonchev–Trinajstić information content (AvgIpc) is 3.15. The summed E-state index contributed by atoms with van der Waals surface area (Å²) in [4.78, 5) is 24.6. The summed E-state index contributed by atoms with van der Waals surface area (Å²) < 4.78 is 31.0. The molecule has 0 aromatic heterocycles. The number of aldehydes is 1. The van der Waals surface area contributed by atoms with Crippen LogP contribution in [0, 0.1) is 11.8 Å². The van der Waals surface area contributed by atoms with E-state index in [9.17, 15) is 9.59 Å². The predicted octanol–water partition coefficient (Wildman–Crippen LogP) is 5.51. The van der Waals surface area contributed by atoms with Crippen molar-refractivity contribution in [2.24, 2.45) is 11.8 Å². The first-order valence-electron chi connectivity index (χ1n) is 13.1. The molecule has 0 bridgehead atoms. The molecular weight excluding hydrogens is 460 g/mol. The Hall–Kier alpha value is -2.64. The monoisotopic (exact) mass is 498 g/mol. The molecule has 4 rings (SSSR count). The maximum Gasteiger partial charge on any atom is 0.346 e. The summed E-state index contributed by atoms with van der Waals surface area (Å²) in [5, 5.41) is 0. The van der Waals surface area contributed by atoms with Crippen molar-refractivity contribution in [2.75, 3.05) is 19.8 Å². The fourth-order valence-corrected chi connectivity index (χ4v) is 5.65. The van der Waals surface area contributed by atoms with Gasteiger partial charge in [0, 0.05) is 24.3 Å². The van der Waals surface area contributed by atoms with Gasteiger partial charge in [-0.2, -0.15) is 0 Å². The summed E-state index contributed by atoms with van der Waals surface area (Å²) in [5.74, 6) is -0.789. The first-order valence-corrected chi connectivity index (χ1v) is 13.1. The first-order chi connectivity index (χ1) is 17.5. The second kappa shape index (κ2) is 11.6. The second-order valence-corrected chi connectivity index (χ2v) is 9.97. The van der Waals surface area contributed by atoms with E-state index in [4.69, 9.17) is 23.7 Å². The Morgan fingerprint density at radius 2 is 2.06 bits per heavy atom. The highest BCUT2D eigenvalue weighted by molar-refractivity contribution is 5.97. The van der Waals surface area contributed by atoms with E-state index in [1.807, 2.05) is 13.0 Å². The normalized spacial score (nSPS) is 28.2. The van der Waals surface area contributed by atoms with E-state index < -0.39 is 11.8 Å². The minimum atomic E-state index is -1.00. The number of hydrogen-bond donors (Lipinski definition) is 0. The lowest BCUT2D eigenvalue weighted by atomic mass is 9.79. The fourth-order valence-electron chi connectivity index (χ4n) is 5.65. The maximum atomic E-state index is 13.3. The van der Waals surface area contributed by atoms with Crippen LogP contribution in [0.5, 0.6) is 11.5 Å². The van der Waals surface area contributed by atoms with Crippen LogP contribution in [0.2, 0.25) is 0 Å². The SMILES string of the molecule is C=CCOC(=O)c1c(OCC=C)cc2c3c1O[C@]1(C[C@@H]3O[C@H](CCCCC)C2)OC[C@@H](CC=O)[C@@H]1C. The molecule has 1 saturated heterocycles. The number of unbranched alkanes of at least 4 members (excludes halogenated alkanes) is 2. The van der Waals surface area contributed by atoms with Gasteiger partial charge >= 0.3 is 5.97 Å². The second-order valence-electron chi connectivity index (χ2n) is 9.97. The van der Waals surface area contributed by atoms with Crippen molar-refractivity contribution in [3.63, 3.8) is 0 Å². The summed E-state index contributed by atoms with van der Waals surface area (Å²) in [7, 11) is 0. The van der Waals surface area contributed by atoms with Crippen molar-refractivity contribution in [3.05, 3.63) is 48.1 Å². The Bertz CT molecular complexity index is 986. The highest BCUT2D eigenvalue weighted by Gasteiger charge is 2.56. The van der Waals surface area contributed by atoms with Crippen molar-refractivity contribution >= 4 is 12.3 Å². The van der Waals surface area contributed by atoms with Crippen LogP contribution in [0.15, 0.2) is 31.4 Å². The number of carbonyl (C=O) groups is 2. The van der Waals surface area contributed by atoms with Gasteiger partial charge in [0.05, 0.1) is 18.8 Å². The fraction of sp³-hybridized carbons (Fsp3) is 0.586. The van der Waals surface area contributed by atoms with E-state index in [1.54, 1.807) is 6.08 Å². The Morgan fingerprint density at radius 3 is 2.78 bits per heavy atom. The van der Waals surface area contributed by atoms with Gasteiger partial charge in [-0.05, 0) is 30.4 Å². The molecule has 0 N–H and O–H groups in total. The summed E-state index contributed by atoms with van der Waals surface area (Å²) in [6.45, 7) is 12.3. The molecule has 1 spiro atoms. The summed E-state index contributed by atoms with van der Waals surface area (Å²) in [6, 6.07) is 1.94. The molecule has 1 aromatic rings.